The van der Waals surface area contributed by atoms with Crippen LogP contribution in [0.4, 0.5) is 8.78 Å². The molecule has 0 aliphatic heterocycles. The second-order valence-corrected chi connectivity index (χ2v) is 3.34. The second kappa shape index (κ2) is 4.26. The van der Waals surface area contributed by atoms with Crippen molar-refractivity contribution in [1.29, 1.82) is 0 Å². The van der Waals surface area contributed by atoms with Crippen LogP contribution < -0.4 is 0 Å². The molecule has 0 radical (unpaired) electrons. The van der Waals surface area contributed by atoms with E-state index in [4.69, 9.17) is 0 Å². The van der Waals surface area contributed by atoms with Crippen molar-refractivity contribution in [2.75, 3.05) is 13.3 Å². The predicted octanol–water partition coefficient (Wildman–Crippen LogP) is 0.792. The molecule has 0 aliphatic carbocycles. The lowest BCUT2D eigenvalue weighted by molar-refractivity contribution is -0.130. The number of carbonyl (C=O) groups excluding carboxylic acids is 1. The zero-order valence-corrected chi connectivity index (χ0v) is 7.78. The van der Waals surface area contributed by atoms with Gasteiger partial charge in [-0.15, -0.1) is 0 Å². The van der Waals surface area contributed by atoms with Crippen molar-refractivity contribution >= 4 is 5.78 Å². The van der Waals surface area contributed by atoms with Crippen molar-refractivity contribution < 1.29 is 13.6 Å². The van der Waals surface area contributed by atoms with Gasteiger partial charge in [0.1, 0.15) is 32.5 Å². The third-order valence-corrected chi connectivity index (χ3v) is 2.04. The minimum absolute atomic E-state index is 0.148. The summed E-state index contributed by atoms with van der Waals surface area (Å²) in [5.41, 5.74) is -1.55. The molecule has 0 saturated heterocycles. The first kappa shape index (κ1) is 10.7. The van der Waals surface area contributed by atoms with Gasteiger partial charge in [0.25, 0.3) is 0 Å². The molecule has 0 unspecified atom stereocenters. The number of hydrogen-bond donors (Lipinski definition) is 0. The lowest BCUT2D eigenvalue weighted by atomic mass is 9.89. The maximum atomic E-state index is 12.4. The summed E-state index contributed by atoms with van der Waals surface area (Å²) in [5, 5.41) is 3.68. The van der Waals surface area contributed by atoms with Crippen LogP contribution in [-0.2, 0) is 11.3 Å². The molecular formula is C8H11F2N3O. The molecule has 1 heterocycles. The van der Waals surface area contributed by atoms with Gasteiger partial charge in [0, 0.05) is 0 Å². The number of halogens is 2. The smallest absolute Gasteiger partial charge is 0.165 e. The number of ketones is 1. The molecule has 0 spiro atoms. The summed E-state index contributed by atoms with van der Waals surface area (Å²) in [6, 6.07) is 0. The van der Waals surface area contributed by atoms with Gasteiger partial charge in [-0.1, -0.05) is 0 Å². The van der Waals surface area contributed by atoms with E-state index in [9.17, 15) is 13.6 Å². The fourth-order valence-corrected chi connectivity index (χ4v) is 0.837. The van der Waals surface area contributed by atoms with Gasteiger partial charge < -0.3 is 0 Å². The van der Waals surface area contributed by atoms with Crippen LogP contribution in [0.15, 0.2) is 12.7 Å². The Morgan fingerprint density at radius 3 is 2.57 bits per heavy atom. The van der Waals surface area contributed by atoms with Crippen LogP contribution in [0.5, 0.6) is 0 Å². The summed E-state index contributed by atoms with van der Waals surface area (Å²) in [5.74, 6) is -0.520. The second-order valence-electron chi connectivity index (χ2n) is 3.34. The van der Waals surface area contributed by atoms with Crippen LogP contribution in [-0.4, -0.2) is 33.9 Å². The summed E-state index contributed by atoms with van der Waals surface area (Å²) >= 11 is 0. The standard InChI is InChI=1S/C8H11F2N3O/c1-8(3-9,4-10)7(14)2-13-6-11-5-12-13/h5-6H,2-4H2,1H3. The van der Waals surface area contributed by atoms with Gasteiger partial charge in [-0.3, -0.25) is 4.79 Å². The van der Waals surface area contributed by atoms with E-state index in [1.54, 1.807) is 0 Å². The van der Waals surface area contributed by atoms with Gasteiger partial charge >= 0.3 is 0 Å². The van der Waals surface area contributed by atoms with E-state index in [-0.39, 0.29) is 6.54 Å². The van der Waals surface area contributed by atoms with Crippen LogP contribution in [0.25, 0.3) is 0 Å². The van der Waals surface area contributed by atoms with Gasteiger partial charge in [-0.2, -0.15) is 5.10 Å². The Hall–Kier alpha value is -1.33. The van der Waals surface area contributed by atoms with Crippen molar-refractivity contribution in [3.8, 4) is 0 Å². The zero-order chi connectivity index (χ0) is 10.6. The Morgan fingerprint density at radius 2 is 2.14 bits per heavy atom. The lowest BCUT2D eigenvalue weighted by Crippen LogP contribution is -2.35. The van der Waals surface area contributed by atoms with Crippen molar-refractivity contribution in [3.63, 3.8) is 0 Å². The summed E-state index contributed by atoms with van der Waals surface area (Å²) in [4.78, 5) is 15.0. The number of nitrogens with zero attached hydrogens (tertiary/aromatic N) is 3. The van der Waals surface area contributed by atoms with E-state index < -0.39 is 24.5 Å². The number of hydrogen-bond acceptors (Lipinski definition) is 3. The maximum absolute atomic E-state index is 12.4. The van der Waals surface area contributed by atoms with Crippen molar-refractivity contribution in [1.82, 2.24) is 14.8 Å². The Balaban J connectivity index is 2.66. The van der Waals surface area contributed by atoms with E-state index in [0.717, 1.165) is 0 Å². The molecule has 1 rings (SSSR count). The molecule has 6 heteroatoms. The Kier molecular flexibility index (Phi) is 3.27. The van der Waals surface area contributed by atoms with Gasteiger partial charge in [-0.25, -0.2) is 18.4 Å². The van der Waals surface area contributed by atoms with E-state index in [1.807, 2.05) is 0 Å². The third kappa shape index (κ3) is 2.12. The topological polar surface area (TPSA) is 47.8 Å². The van der Waals surface area contributed by atoms with Crippen molar-refractivity contribution in [2.24, 2.45) is 5.41 Å². The highest BCUT2D eigenvalue weighted by molar-refractivity contribution is 5.84. The molecule has 1 aromatic rings. The minimum Gasteiger partial charge on any atom is -0.297 e. The average molecular weight is 203 g/mol. The van der Waals surface area contributed by atoms with Crippen LogP contribution in [0, 0.1) is 5.41 Å². The Bertz CT molecular complexity index is 296. The molecule has 0 fully saturated rings. The lowest BCUT2D eigenvalue weighted by Gasteiger charge is -2.20. The Labute approximate surface area is 79.9 Å². The number of aromatic nitrogens is 3. The molecule has 0 bridgehead atoms. The van der Waals surface area contributed by atoms with Gasteiger partial charge in [0.2, 0.25) is 0 Å². The fourth-order valence-electron chi connectivity index (χ4n) is 0.837. The monoisotopic (exact) mass is 203 g/mol. The normalized spacial score (nSPS) is 11.6. The number of rotatable bonds is 5. The third-order valence-electron chi connectivity index (χ3n) is 2.04. The largest absolute Gasteiger partial charge is 0.297 e. The van der Waals surface area contributed by atoms with Crippen molar-refractivity contribution in [2.45, 2.75) is 13.5 Å². The van der Waals surface area contributed by atoms with Crippen LogP contribution in [0.3, 0.4) is 0 Å². The molecule has 0 aromatic carbocycles. The highest BCUT2D eigenvalue weighted by Crippen LogP contribution is 2.19. The average Bonchev–Trinajstić information content (AvgIpc) is 2.69. The Morgan fingerprint density at radius 1 is 1.50 bits per heavy atom. The summed E-state index contributed by atoms with van der Waals surface area (Å²) in [7, 11) is 0. The van der Waals surface area contributed by atoms with Gasteiger partial charge in [0.05, 0.1) is 5.41 Å². The predicted molar refractivity (Wildman–Crippen MR) is 45.1 cm³/mol. The van der Waals surface area contributed by atoms with Gasteiger partial charge in [0.15, 0.2) is 5.78 Å². The molecule has 1 aromatic heterocycles. The maximum Gasteiger partial charge on any atom is 0.165 e. The molecule has 0 N–H and O–H groups in total. The zero-order valence-electron chi connectivity index (χ0n) is 7.78. The highest BCUT2D eigenvalue weighted by Gasteiger charge is 2.33. The van der Waals surface area contributed by atoms with E-state index >= 15 is 0 Å². The number of carbonyl (C=O) groups is 1. The molecular weight excluding hydrogens is 192 g/mol. The molecule has 0 aliphatic rings. The summed E-state index contributed by atoms with van der Waals surface area (Å²) in [6.45, 7) is -0.898. The molecule has 14 heavy (non-hydrogen) atoms. The molecule has 4 nitrogen and oxygen atoms in total. The first-order valence-electron chi connectivity index (χ1n) is 4.10. The SMILES string of the molecule is CC(CF)(CF)C(=O)Cn1cncn1. The first-order valence-corrected chi connectivity index (χ1v) is 4.10. The summed E-state index contributed by atoms with van der Waals surface area (Å²) < 4.78 is 26.1. The molecule has 0 amide bonds. The number of Topliss-reactive ketones (excluding diaryl/α,β-unsaturated/α-hetero) is 1. The van der Waals surface area contributed by atoms with Crippen LogP contribution in [0.1, 0.15) is 6.92 Å². The minimum atomic E-state index is -1.55. The summed E-state index contributed by atoms with van der Waals surface area (Å²) in [6.07, 6.45) is 2.59. The quantitative estimate of drug-likeness (QED) is 0.710. The van der Waals surface area contributed by atoms with E-state index in [2.05, 4.69) is 10.1 Å². The van der Waals surface area contributed by atoms with Crippen LogP contribution in [0.2, 0.25) is 0 Å². The van der Waals surface area contributed by atoms with E-state index in [0.29, 0.717) is 0 Å². The van der Waals surface area contributed by atoms with Gasteiger partial charge in [-0.05, 0) is 6.92 Å². The first-order chi connectivity index (χ1) is 6.62. The fraction of sp³-hybridized carbons (Fsp3) is 0.625. The molecule has 0 saturated carbocycles. The van der Waals surface area contributed by atoms with Crippen molar-refractivity contribution in [3.05, 3.63) is 12.7 Å². The number of alkyl halides is 2. The molecule has 78 valence electrons. The van der Waals surface area contributed by atoms with E-state index in [1.165, 1.54) is 24.3 Å². The highest BCUT2D eigenvalue weighted by atomic mass is 19.1. The van der Waals surface area contributed by atoms with Crippen LogP contribution >= 0.6 is 0 Å². The molecule has 0 atom stereocenters.